The third-order valence-electron chi connectivity index (χ3n) is 3.88. The van der Waals surface area contributed by atoms with Crippen LogP contribution in [0, 0.1) is 0 Å². The van der Waals surface area contributed by atoms with Crippen LogP contribution in [0.2, 0.25) is 19.4 Å². The first-order valence-corrected chi connectivity index (χ1v) is 8.94. The smallest absolute Gasteiger partial charge is 0.246 e. The highest BCUT2D eigenvalue weighted by atomic mass is 28.3. The van der Waals surface area contributed by atoms with Crippen molar-refractivity contribution < 1.29 is 0 Å². The predicted octanol–water partition coefficient (Wildman–Crippen LogP) is 3.51. The summed E-state index contributed by atoms with van der Waals surface area (Å²) in [6, 6.07) is 0. The SMILES string of the molecule is C=C(C)C1=C(CC)B(CC)N(C)[Si]1(C)C. The Hall–Kier alpha value is -0.278. The average Bonchev–Trinajstić information content (AvgIpc) is 2.34. The molecule has 1 heterocycles. The highest BCUT2D eigenvalue weighted by molar-refractivity contribution is 6.96. The molecule has 84 valence electrons. The van der Waals surface area contributed by atoms with E-state index in [1.807, 2.05) is 0 Å². The van der Waals surface area contributed by atoms with Gasteiger partial charge in [-0.25, -0.2) is 0 Å². The van der Waals surface area contributed by atoms with Crippen molar-refractivity contribution in [2.24, 2.45) is 0 Å². The summed E-state index contributed by atoms with van der Waals surface area (Å²) in [5.74, 6) is 0. The Morgan fingerprint density at radius 2 is 1.93 bits per heavy atom. The zero-order valence-electron chi connectivity index (χ0n) is 11.1. The van der Waals surface area contributed by atoms with Gasteiger partial charge in [-0.3, -0.25) is 0 Å². The third-order valence-corrected chi connectivity index (χ3v) is 7.93. The molecule has 0 aromatic heterocycles. The highest BCUT2D eigenvalue weighted by Gasteiger charge is 2.45. The Kier molecular flexibility index (Phi) is 3.67. The van der Waals surface area contributed by atoms with E-state index in [0.29, 0.717) is 6.85 Å². The topological polar surface area (TPSA) is 3.24 Å². The third kappa shape index (κ3) is 1.87. The zero-order chi connectivity index (χ0) is 11.8. The van der Waals surface area contributed by atoms with Crippen molar-refractivity contribution in [2.75, 3.05) is 7.05 Å². The minimum atomic E-state index is -1.39. The molecule has 0 radical (unpaired) electrons. The van der Waals surface area contributed by atoms with E-state index >= 15 is 0 Å². The molecule has 0 saturated heterocycles. The van der Waals surface area contributed by atoms with Gasteiger partial charge in [0.25, 0.3) is 0 Å². The molecule has 1 aliphatic rings. The van der Waals surface area contributed by atoms with Gasteiger partial charge in [-0.15, -0.1) is 0 Å². The van der Waals surface area contributed by atoms with E-state index in [-0.39, 0.29) is 0 Å². The standard InChI is InChI=1S/C12H24BNSi/c1-8-11-12(10(3)4)15(6,7)14(5)13(11)9-2/h3,8-9H2,1-2,4-7H3. The molecule has 0 N–H and O–H groups in total. The van der Waals surface area contributed by atoms with E-state index < -0.39 is 8.24 Å². The van der Waals surface area contributed by atoms with E-state index in [4.69, 9.17) is 0 Å². The molecule has 0 bridgehead atoms. The summed E-state index contributed by atoms with van der Waals surface area (Å²) in [5.41, 5.74) is 2.95. The first-order chi connectivity index (χ1) is 6.87. The minimum Gasteiger partial charge on any atom is -0.360 e. The molecule has 1 nitrogen and oxygen atoms in total. The molecule has 1 rings (SSSR count). The van der Waals surface area contributed by atoms with Crippen molar-refractivity contribution in [1.29, 1.82) is 0 Å². The van der Waals surface area contributed by atoms with Gasteiger partial charge in [0.1, 0.15) is 8.24 Å². The van der Waals surface area contributed by atoms with Crippen molar-refractivity contribution in [1.82, 2.24) is 4.48 Å². The molecule has 0 aliphatic carbocycles. The lowest BCUT2D eigenvalue weighted by atomic mass is 9.52. The van der Waals surface area contributed by atoms with Gasteiger partial charge in [-0.1, -0.05) is 56.1 Å². The van der Waals surface area contributed by atoms with Crippen LogP contribution in [0.25, 0.3) is 0 Å². The van der Waals surface area contributed by atoms with Crippen molar-refractivity contribution in [3.63, 3.8) is 0 Å². The van der Waals surface area contributed by atoms with Crippen LogP contribution < -0.4 is 0 Å². The second-order valence-corrected chi connectivity index (χ2v) is 9.45. The number of hydrogen-bond donors (Lipinski definition) is 0. The van der Waals surface area contributed by atoms with Crippen LogP contribution in [-0.4, -0.2) is 26.6 Å². The van der Waals surface area contributed by atoms with Crippen LogP contribution in [-0.2, 0) is 0 Å². The van der Waals surface area contributed by atoms with Crippen molar-refractivity contribution in [2.45, 2.75) is 46.6 Å². The minimum absolute atomic E-state index is 0.670. The van der Waals surface area contributed by atoms with Crippen LogP contribution in [0.1, 0.15) is 27.2 Å². The Balaban J connectivity index is 3.28. The van der Waals surface area contributed by atoms with Gasteiger partial charge in [0.15, 0.2) is 0 Å². The van der Waals surface area contributed by atoms with Gasteiger partial charge in [0, 0.05) is 0 Å². The van der Waals surface area contributed by atoms with Crippen molar-refractivity contribution in [3.8, 4) is 0 Å². The van der Waals surface area contributed by atoms with Crippen LogP contribution in [0.15, 0.2) is 22.8 Å². The Morgan fingerprint density at radius 1 is 1.40 bits per heavy atom. The zero-order valence-corrected chi connectivity index (χ0v) is 12.1. The maximum atomic E-state index is 4.18. The monoisotopic (exact) mass is 221 g/mol. The molecule has 0 atom stereocenters. The first-order valence-electron chi connectivity index (χ1n) is 6.00. The van der Waals surface area contributed by atoms with E-state index in [1.165, 1.54) is 18.3 Å². The Bertz CT molecular complexity index is 307. The number of allylic oxidation sites excluding steroid dienone is 3. The fourth-order valence-electron chi connectivity index (χ4n) is 3.09. The lowest BCUT2D eigenvalue weighted by molar-refractivity contribution is 0.789. The fourth-order valence-corrected chi connectivity index (χ4v) is 6.73. The summed E-state index contributed by atoms with van der Waals surface area (Å²) in [4.78, 5) is 0. The molecule has 0 aromatic rings. The van der Waals surface area contributed by atoms with E-state index in [2.05, 4.69) is 52.0 Å². The van der Waals surface area contributed by atoms with E-state index in [0.717, 1.165) is 0 Å². The second kappa shape index (κ2) is 4.30. The van der Waals surface area contributed by atoms with Gasteiger partial charge < -0.3 is 4.48 Å². The van der Waals surface area contributed by atoms with Gasteiger partial charge >= 0.3 is 0 Å². The Morgan fingerprint density at radius 3 is 2.27 bits per heavy atom. The molecule has 3 heteroatoms. The fraction of sp³-hybridized carbons (Fsp3) is 0.667. The van der Waals surface area contributed by atoms with Gasteiger partial charge in [-0.2, -0.15) is 0 Å². The van der Waals surface area contributed by atoms with Crippen molar-refractivity contribution in [3.05, 3.63) is 22.8 Å². The molecule has 0 amide bonds. The Labute approximate surface area is 96.4 Å². The van der Waals surface area contributed by atoms with Crippen molar-refractivity contribution >= 4 is 15.1 Å². The van der Waals surface area contributed by atoms with Crippen LogP contribution in [0.3, 0.4) is 0 Å². The molecule has 1 aliphatic heterocycles. The highest BCUT2D eigenvalue weighted by Crippen LogP contribution is 2.38. The normalized spacial score (nSPS) is 21.3. The summed E-state index contributed by atoms with van der Waals surface area (Å²) in [6.45, 7) is 16.5. The maximum absolute atomic E-state index is 4.18. The molecule has 0 unspecified atom stereocenters. The summed E-state index contributed by atoms with van der Waals surface area (Å²) in [6.07, 6.45) is 2.41. The number of nitrogens with zero attached hydrogens (tertiary/aromatic N) is 1. The maximum Gasteiger partial charge on any atom is 0.246 e. The largest absolute Gasteiger partial charge is 0.360 e. The van der Waals surface area contributed by atoms with E-state index in [1.54, 1.807) is 10.7 Å². The summed E-state index contributed by atoms with van der Waals surface area (Å²) < 4.78 is 2.63. The first kappa shape index (κ1) is 12.8. The molecule has 0 fully saturated rings. The van der Waals surface area contributed by atoms with Gasteiger partial charge in [0.05, 0.1) is 0 Å². The van der Waals surface area contributed by atoms with Crippen LogP contribution in [0.4, 0.5) is 0 Å². The quantitative estimate of drug-likeness (QED) is 0.659. The number of hydrogen-bond acceptors (Lipinski definition) is 1. The molecular weight excluding hydrogens is 197 g/mol. The summed E-state index contributed by atoms with van der Waals surface area (Å²) in [5, 5.41) is 1.62. The number of rotatable bonds is 3. The van der Waals surface area contributed by atoms with E-state index in [9.17, 15) is 0 Å². The predicted molar refractivity (Wildman–Crippen MR) is 73.6 cm³/mol. The molecule has 15 heavy (non-hydrogen) atoms. The van der Waals surface area contributed by atoms with Crippen LogP contribution in [0.5, 0.6) is 0 Å². The van der Waals surface area contributed by atoms with Gasteiger partial charge in [-0.05, 0) is 20.4 Å². The lowest BCUT2D eigenvalue weighted by Gasteiger charge is -2.32. The average molecular weight is 221 g/mol. The second-order valence-electron chi connectivity index (χ2n) is 5.13. The molecule has 0 aromatic carbocycles. The van der Waals surface area contributed by atoms with Crippen LogP contribution >= 0.6 is 0 Å². The molecule has 0 spiro atoms. The molecule has 0 saturated carbocycles. The molecular formula is C12H24BNSi. The lowest BCUT2D eigenvalue weighted by Crippen LogP contribution is -2.49. The van der Waals surface area contributed by atoms with Gasteiger partial charge in [0.2, 0.25) is 6.85 Å². The summed E-state index contributed by atoms with van der Waals surface area (Å²) >= 11 is 0. The summed E-state index contributed by atoms with van der Waals surface area (Å²) in [7, 11) is 0.907.